The third kappa shape index (κ3) is 5.86. The molecule has 0 atom stereocenters. The van der Waals surface area contributed by atoms with Crippen LogP contribution >= 0.6 is 0 Å². The summed E-state index contributed by atoms with van der Waals surface area (Å²) in [5, 5.41) is 2.76. The van der Waals surface area contributed by atoms with E-state index in [1.54, 1.807) is 37.3 Å². The van der Waals surface area contributed by atoms with Crippen molar-refractivity contribution in [3.8, 4) is 5.75 Å². The molecule has 0 aromatic heterocycles. The molecule has 1 amide bonds. The molecular formula is C24H26N2O4S. The summed E-state index contributed by atoms with van der Waals surface area (Å²) in [6.45, 7) is 6.14. The predicted molar refractivity (Wildman–Crippen MR) is 122 cm³/mol. The van der Waals surface area contributed by atoms with Gasteiger partial charge in [-0.3, -0.25) is 9.52 Å². The first kappa shape index (κ1) is 22.4. The Balaban J connectivity index is 1.66. The van der Waals surface area contributed by atoms with E-state index in [4.69, 9.17) is 4.74 Å². The molecule has 0 aliphatic heterocycles. The Morgan fingerprint density at radius 3 is 2.42 bits per heavy atom. The third-order valence-corrected chi connectivity index (χ3v) is 6.27. The van der Waals surface area contributed by atoms with Crippen molar-refractivity contribution in [3.63, 3.8) is 0 Å². The zero-order valence-electron chi connectivity index (χ0n) is 17.8. The van der Waals surface area contributed by atoms with E-state index in [2.05, 4.69) is 10.0 Å². The van der Waals surface area contributed by atoms with Crippen LogP contribution in [-0.4, -0.2) is 27.5 Å². The highest BCUT2D eigenvalue weighted by atomic mass is 32.2. The van der Waals surface area contributed by atoms with Gasteiger partial charge in [-0.25, -0.2) is 8.42 Å². The number of carbonyl (C=O) groups is 1. The average Bonchev–Trinajstić information content (AvgIpc) is 2.72. The highest BCUT2D eigenvalue weighted by molar-refractivity contribution is 7.92. The lowest BCUT2D eigenvalue weighted by Gasteiger charge is -2.13. The highest BCUT2D eigenvalue weighted by Gasteiger charge is 2.19. The summed E-state index contributed by atoms with van der Waals surface area (Å²) in [5.41, 5.74) is 3.26. The van der Waals surface area contributed by atoms with Gasteiger partial charge >= 0.3 is 0 Å². The minimum Gasteiger partial charge on any atom is -0.491 e. The van der Waals surface area contributed by atoms with Gasteiger partial charge < -0.3 is 10.1 Å². The summed E-state index contributed by atoms with van der Waals surface area (Å²) in [4.78, 5) is 12.6. The monoisotopic (exact) mass is 438 g/mol. The van der Waals surface area contributed by atoms with Crippen molar-refractivity contribution in [3.05, 3.63) is 89.0 Å². The summed E-state index contributed by atoms with van der Waals surface area (Å²) in [6.07, 6.45) is 0. The van der Waals surface area contributed by atoms with Crippen LogP contribution in [0.25, 0.3) is 0 Å². The molecule has 0 unspecified atom stereocenters. The molecule has 0 fully saturated rings. The lowest BCUT2D eigenvalue weighted by molar-refractivity contribution is 0.0946. The van der Waals surface area contributed by atoms with E-state index in [-0.39, 0.29) is 16.4 Å². The molecular weight excluding hydrogens is 412 g/mol. The number of nitrogens with one attached hydrogen (secondary N) is 2. The first-order valence-corrected chi connectivity index (χ1v) is 11.4. The normalized spacial score (nSPS) is 11.1. The standard InChI is InChI=1S/C24H26N2O4S/c1-17-7-6-9-21(15-17)26-31(28,29)23-16-20(12-11-19(23)3)24(27)25-13-14-30-22-10-5-4-8-18(22)2/h4-12,15-16,26H,13-14H2,1-3H3,(H,25,27). The third-order valence-electron chi connectivity index (χ3n) is 4.75. The minimum atomic E-state index is -3.84. The second-order valence-corrected chi connectivity index (χ2v) is 8.98. The number of hydrogen-bond donors (Lipinski definition) is 2. The van der Waals surface area contributed by atoms with Gasteiger partial charge in [-0.1, -0.05) is 36.4 Å². The van der Waals surface area contributed by atoms with Gasteiger partial charge in [0.1, 0.15) is 12.4 Å². The molecule has 7 heteroatoms. The molecule has 3 aromatic carbocycles. The van der Waals surface area contributed by atoms with Crippen LogP contribution in [0, 0.1) is 20.8 Å². The number of benzene rings is 3. The van der Waals surface area contributed by atoms with Crippen molar-refractivity contribution in [2.24, 2.45) is 0 Å². The molecule has 0 heterocycles. The van der Waals surface area contributed by atoms with Crippen LogP contribution in [0.5, 0.6) is 5.75 Å². The van der Waals surface area contributed by atoms with Crippen LogP contribution in [0.4, 0.5) is 5.69 Å². The van der Waals surface area contributed by atoms with Crippen LogP contribution in [0.3, 0.4) is 0 Å². The van der Waals surface area contributed by atoms with Crippen molar-refractivity contribution in [1.82, 2.24) is 5.32 Å². The number of rotatable bonds is 8. The van der Waals surface area contributed by atoms with Gasteiger partial charge in [0.2, 0.25) is 0 Å². The zero-order chi connectivity index (χ0) is 22.4. The SMILES string of the molecule is Cc1cccc(NS(=O)(=O)c2cc(C(=O)NCCOc3ccccc3C)ccc2C)c1. The Labute approximate surface area is 183 Å². The number of ether oxygens (including phenoxy) is 1. The molecule has 2 N–H and O–H groups in total. The predicted octanol–water partition coefficient (Wildman–Crippen LogP) is 4.22. The summed E-state index contributed by atoms with van der Waals surface area (Å²) < 4.78 is 34.0. The first-order chi connectivity index (χ1) is 14.8. The Morgan fingerprint density at radius 1 is 0.903 bits per heavy atom. The second kappa shape index (κ2) is 9.66. The van der Waals surface area contributed by atoms with Gasteiger partial charge in [0.05, 0.1) is 11.4 Å². The molecule has 0 spiro atoms. The largest absolute Gasteiger partial charge is 0.491 e. The fraction of sp³-hybridized carbons (Fsp3) is 0.208. The number of para-hydroxylation sites is 1. The first-order valence-electron chi connectivity index (χ1n) is 9.93. The topological polar surface area (TPSA) is 84.5 Å². The second-order valence-electron chi connectivity index (χ2n) is 7.33. The van der Waals surface area contributed by atoms with Gasteiger partial charge in [-0.2, -0.15) is 0 Å². The minimum absolute atomic E-state index is 0.0674. The molecule has 0 aliphatic rings. The summed E-state index contributed by atoms with van der Waals surface area (Å²) >= 11 is 0. The molecule has 3 aromatic rings. The van der Waals surface area contributed by atoms with Crippen molar-refractivity contribution < 1.29 is 17.9 Å². The number of amides is 1. The molecule has 0 bridgehead atoms. The van der Waals surface area contributed by atoms with Crippen LogP contribution in [-0.2, 0) is 10.0 Å². The van der Waals surface area contributed by atoms with E-state index in [0.29, 0.717) is 24.4 Å². The average molecular weight is 439 g/mol. The van der Waals surface area contributed by atoms with E-state index in [0.717, 1.165) is 16.9 Å². The number of sulfonamides is 1. The zero-order valence-corrected chi connectivity index (χ0v) is 18.6. The van der Waals surface area contributed by atoms with Crippen LogP contribution in [0.1, 0.15) is 27.0 Å². The Hall–Kier alpha value is -3.32. The molecule has 0 aliphatic carbocycles. The van der Waals surface area contributed by atoms with Crippen molar-refractivity contribution in [1.29, 1.82) is 0 Å². The van der Waals surface area contributed by atoms with E-state index in [1.165, 1.54) is 6.07 Å². The quantitative estimate of drug-likeness (QED) is 0.516. The number of hydrogen-bond acceptors (Lipinski definition) is 4. The van der Waals surface area contributed by atoms with E-state index >= 15 is 0 Å². The van der Waals surface area contributed by atoms with Crippen LogP contribution < -0.4 is 14.8 Å². The van der Waals surface area contributed by atoms with Crippen molar-refractivity contribution in [2.45, 2.75) is 25.7 Å². The molecule has 0 saturated carbocycles. The number of carbonyl (C=O) groups excluding carboxylic acids is 1. The fourth-order valence-electron chi connectivity index (χ4n) is 3.10. The van der Waals surface area contributed by atoms with Gasteiger partial charge in [0, 0.05) is 11.3 Å². The lowest BCUT2D eigenvalue weighted by atomic mass is 10.1. The van der Waals surface area contributed by atoms with Crippen LogP contribution in [0.15, 0.2) is 71.6 Å². The molecule has 3 rings (SSSR count). The molecule has 0 saturated heterocycles. The Kier molecular flexibility index (Phi) is 6.97. The maximum absolute atomic E-state index is 12.9. The fourth-order valence-corrected chi connectivity index (χ4v) is 4.42. The lowest BCUT2D eigenvalue weighted by Crippen LogP contribution is -2.28. The van der Waals surface area contributed by atoms with Crippen molar-refractivity contribution >= 4 is 21.6 Å². The maximum Gasteiger partial charge on any atom is 0.262 e. The number of anilines is 1. The Bertz CT molecular complexity index is 1190. The van der Waals surface area contributed by atoms with Gasteiger partial charge in [0.25, 0.3) is 15.9 Å². The highest BCUT2D eigenvalue weighted by Crippen LogP contribution is 2.21. The van der Waals surface area contributed by atoms with E-state index < -0.39 is 10.0 Å². The smallest absolute Gasteiger partial charge is 0.262 e. The number of aryl methyl sites for hydroxylation is 3. The van der Waals surface area contributed by atoms with Gasteiger partial charge in [-0.15, -0.1) is 0 Å². The molecule has 31 heavy (non-hydrogen) atoms. The maximum atomic E-state index is 12.9. The summed E-state index contributed by atoms with van der Waals surface area (Å²) in [6, 6.07) is 19.4. The molecule has 6 nitrogen and oxygen atoms in total. The van der Waals surface area contributed by atoms with Gasteiger partial charge in [-0.05, 0) is 67.8 Å². The molecule has 162 valence electrons. The summed E-state index contributed by atoms with van der Waals surface area (Å²) in [7, 11) is -3.84. The van der Waals surface area contributed by atoms with E-state index in [1.807, 2.05) is 44.2 Å². The Morgan fingerprint density at radius 2 is 1.68 bits per heavy atom. The summed E-state index contributed by atoms with van der Waals surface area (Å²) in [5.74, 6) is 0.406. The van der Waals surface area contributed by atoms with Crippen LogP contribution in [0.2, 0.25) is 0 Å². The molecule has 0 radical (unpaired) electrons. The van der Waals surface area contributed by atoms with E-state index in [9.17, 15) is 13.2 Å². The van der Waals surface area contributed by atoms with Gasteiger partial charge in [0.15, 0.2) is 0 Å². The van der Waals surface area contributed by atoms with Crippen molar-refractivity contribution in [2.75, 3.05) is 17.9 Å².